The molecule has 0 fully saturated rings. The summed E-state index contributed by atoms with van der Waals surface area (Å²) in [5.74, 6) is -0.216. The minimum absolute atomic E-state index is 0.232. The minimum Gasteiger partial charge on any atom is -0.494 e. The van der Waals surface area contributed by atoms with Crippen molar-refractivity contribution < 1.29 is 18.5 Å². The molecule has 0 N–H and O–H groups in total. The van der Waals surface area contributed by atoms with E-state index in [4.69, 9.17) is 16.3 Å². The van der Waals surface area contributed by atoms with Crippen molar-refractivity contribution in [3.63, 3.8) is 0 Å². The molecular weight excluding hydrogens is 252 g/mol. The molecule has 0 radical (unpaired) electrons. The van der Waals surface area contributed by atoms with E-state index in [0.717, 1.165) is 0 Å². The van der Waals surface area contributed by atoms with Gasteiger partial charge in [0.15, 0.2) is 5.75 Å². The van der Waals surface area contributed by atoms with Crippen molar-refractivity contribution in [1.29, 1.82) is 0 Å². The summed E-state index contributed by atoms with van der Waals surface area (Å²) < 4.78 is 21.1. The molecule has 4 nitrogen and oxygen atoms in total. The number of hydrogen-bond acceptors (Lipinski definition) is 4. The Morgan fingerprint density at radius 3 is 2.44 bits per heavy atom. The van der Waals surface area contributed by atoms with Gasteiger partial charge in [-0.15, -0.1) is 0 Å². The summed E-state index contributed by atoms with van der Waals surface area (Å²) in [5.41, 5.74) is 0.249. The Hall–Kier alpha value is -1.07. The third kappa shape index (κ3) is 2.54. The standard InChI is InChI=1S/C10H11ClO4S/c1-14-9-7(11)4-6(10(12)15-2)5-8(9)16(3)13/h4-5H,1-3H3. The smallest absolute Gasteiger partial charge is 0.337 e. The summed E-state index contributed by atoms with van der Waals surface area (Å²) in [6, 6.07) is 2.87. The van der Waals surface area contributed by atoms with Crippen LogP contribution >= 0.6 is 11.6 Å². The Morgan fingerprint density at radius 1 is 1.38 bits per heavy atom. The van der Waals surface area contributed by atoms with Gasteiger partial charge >= 0.3 is 5.97 Å². The van der Waals surface area contributed by atoms with Gasteiger partial charge in [0.05, 0.1) is 40.5 Å². The van der Waals surface area contributed by atoms with Crippen LogP contribution in [-0.2, 0) is 15.5 Å². The summed E-state index contributed by atoms with van der Waals surface area (Å²) >= 11 is 5.91. The lowest BCUT2D eigenvalue weighted by atomic mass is 10.2. The summed E-state index contributed by atoms with van der Waals surface area (Å²) in [6.07, 6.45) is 1.48. The Morgan fingerprint density at radius 2 is 2.00 bits per heavy atom. The quantitative estimate of drug-likeness (QED) is 0.781. The van der Waals surface area contributed by atoms with Gasteiger partial charge in [0.1, 0.15) is 0 Å². The van der Waals surface area contributed by atoms with Gasteiger partial charge in [0, 0.05) is 6.26 Å². The van der Waals surface area contributed by atoms with Gasteiger partial charge in [0.2, 0.25) is 0 Å². The molecule has 16 heavy (non-hydrogen) atoms. The van der Waals surface area contributed by atoms with Crippen LogP contribution in [0.5, 0.6) is 5.75 Å². The molecule has 88 valence electrons. The van der Waals surface area contributed by atoms with Crippen LogP contribution in [0.3, 0.4) is 0 Å². The molecule has 0 saturated carbocycles. The topological polar surface area (TPSA) is 52.6 Å². The average molecular weight is 263 g/mol. The van der Waals surface area contributed by atoms with E-state index in [1.807, 2.05) is 0 Å². The molecular formula is C10H11ClO4S. The van der Waals surface area contributed by atoms with Gasteiger partial charge in [-0.2, -0.15) is 0 Å². The highest BCUT2D eigenvalue weighted by atomic mass is 35.5. The Balaban J connectivity index is 3.39. The average Bonchev–Trinajstić information content (AvgIpc) is 2.26. The number of carbonyl (C=O) groups excluding carboxylic acids is 1. The van der Waals surface area contributed by atoms with Crippen LogP contribution < -0.4 is 4.74 Å². The van der Waals surface area contributed by atoms with Crippen molar-refractivity contribution in [2.75, 3.05) is 20.5 Å². The fourth-order valence-corrected chi connectivity index (χ4v) is 2.32. The van der Waals surface area contributed by atoms with Crippen molar-refractivity contribution in [2.24, 2.45) is 0 Å². The Kier molecular flexibility index (Phi) is 4.32. The molecule has 0 aliphatic rings. The number of hydrogen-bond donors (Lipinski definition) is 0. The fourth-order valence-electron chi connectivity index (χ4n) is 1.22. The number of rotatable bonds is 3. The minimum atomic E-state index is -1.30. The maximum atomic E-state index is 11.5. The normalized spacial score (nSPS) is 12.0. The first-order valence-electron chi connectivity index (χ1n) is 4.30. The fraction of sp³-hybridized carbons (Fsp3) is 0.300. The number of halogens is 1. The van der Waals surface area contributed by atoms with Crippen molar-refractivity contribution in [2.45, 2.75) is 4.90 Å². The van der Waals surface area contributed by atoms with Crippen LogP contribution in [0.1, 0.15) is 10.4 Å². The predicted octanol–water partition coefficient (Wildman–Crippen LogP) is 1.87. The van der Waals surface area contributed by atoms with Crippen molar-refractivity contribution in [3.8, 4) is 5.75 Å². The molecule has 0 spiro atoms. The third-order valence-corrected chi connectivity index (χ3v) is 3.15. The number of ether oxygens (including phenoxy) is 2. The zero-order valence-electron chi connectivity index (χ0n) is 9.07. The maximum absolute atomic E-state index is 11.5. The van der Waals surface area contributed by atoms with Crippen molar-refractivity contribution in [1.82, 2.24) is 0 Å². The number of methoxy groups -OCH3 is 2. The van der Waals surface area contributed by atoms with E-state index in [1.54, 1.807) is 0 Å². The molecule has 1 aromatic rings. The molecule has 6 heteroatoms. The third-order valence-electron chi connectivity index (χ3n) is 1.94. The van der Waals surface area contributed by atoms with E-state index < -0.39 is 16.8 Å². The lowest BCUT2D eigenvalue weighted by Gasteiger charge is -2.10. The highest BCUT2D eigenvalue weighted by molar-refractivity contribution is 7.84. The number of esters is 1. The molecule has 1 aromatic carbocycles. The summed E-state index contributed by atoms with van der Waals surface area (Å²) in [4.78, 5) is 11.7. The van der Waals surface area contributed by atoms with E-state index in [0.29, 0.717) is 10.6 Å². The second-order valence-electron chi connectivity index (χ2n) is 2.94. The molecule has 0 bridgehead atoms. The Labute approximate surface area is 101 Å². The summed E-state index contributed by atoms with van der Waals surface area (Å²) in [7, 11) is 1.40. The molecule has 0 aliphatic heterocycles. The lowest BCUT2D eigenvalue weighted by Crippen LogP contribution is -2.04. The first kappa shape index (κ1) is 13.0. The first-order chi connectivity index (χ1) is 7.51. The van der Waals surface area contributed by atoms with Crippen LogP contribution in [0.2, 0.25) is 5.02 Å². The van der Waals surface area contributed by atoms with Crippen LogP contribution in [0.15, 0.2) is 17.0 Å². The van der Waals surface area contributed by atoms with Crippen LogP contribution in [0.25, 0.3) is 0 Å². The molecule has 0 aromatic heterocycles. The van der Waals surface area contributed by atoms with Gasteiger partial charge < -0.3 is 9.47 Å². The van der Waals surface area contributed by atoms with Gasteiger partial charge in [0.25, 0.3) is 0 Å². The number of carbonyl (C=O) groups is 1. The highest BCUT2D eigenvalue weighted by Crippen LogP contribution is 2.32. The monoisotopic (exact) mass is 262 g/mol. The van der Waals surface area contributed by atoms with Crippen LogP contribution in [0, 0.1) is 0 Å². The van der Waals surface area contributed by atoms with Crippen molar-refractivity contribution in [3.05, 3.63) is 22.7 Å². The van der Waals surface area contributed by atoms with E-state index in [2.05, 4.69) is 4.74 Å². The zero-order valence-corrected chi connectivity index (χ0v) is 10.6. The molecule has 0 aliphatic carbocycles. The molecule has 1 rings (SSSR count). The van der Waals surface area contributed by atoms with Gasteiger partial charge in [-0.05, 0) is 12.1 Å². The first-order valence-corrected chi connectivity index (χ1v) is 6.24. The molecule has 0 heterocycles. The predicted molar refractivity (Wildman–Crippen MR) is 61.7 cm³/mol. The van der Waals surface area contributed by atoms with Gasteiger partial charge in [-0.1, -0.05) is 11.6 Å². The van der Waals surface area contributed by atoms with E-state index >= 15 is 0 Å². The Bertz CT molecular complexity index is 445. The summed E-state index contributed by atoms with van der Waals surface area (Å²) in [6.45, 7) is 0. The van der Waals surface area contributed by atoms with Gasteiger partial charge in [-0.25, -0.2) is 4.79 Å². The second-order valence-corrected chi connectivity index (χ2v) is 4.69. The largest absolute Gasteiger partial charge is 0.494 e. The zero-order chi connectivity index (χ0) is 12.3. The van der Waals surface area contributed by atoms with E-state index in [-0.39, 0.29) is 10.6 Å². The molecule has 0 amide bonds. The molecule has 1 atom stereocenters. The highest BCUT2D eigenvalue weighted by Gasteiger charge is 2.16. The maximum Gasteiger partial charge on any atom is 0.337 e. The number of benzene rings is 1. The molecule has 0 saturated heterocycles. The molecule has 1 unspecified atom stereocenters. The SMILES string of the molecule is COC(=O)c1cc(Cl)c(OC)c(S(C)=O)c1. The lowest BCUT2D eigenvalue weighted by molar-refractivity contribution is 0.0600. The van der Waals surface area contributed by atoms with E-state index in [9.17, 15) is 9.00 Å². The van der Waals surface area contributed by atoms with Crippen molar-refractivity contribution >= 4 is 28.4 Å². The summed E-state index contributed by atoms with van der Waals surface area (Å²) in [5, 5.41) is 0.232. The van der Waals surface area contributed by atoms with Crippen LogP contribution in [-0.4, -0.2) is 30.7 Å². The van der Waals surface area contributed by atoms with Crippen LogP contribution in [0.4, 0.5) is 0 Å². The van der Waals surface area contributed by atoms with Gasteiger partial charge in [-0.3, -0.25) is 4.21 Å². The second kappa shape index (κ2) is 5.32. The van der Waals surface area contributed by atoms with E-state index in [1.165, 1.54) is 32.6 Å².